The van der Waals surface area contributed by atoms with Gasteiger partial charge in [0.25, 0.3) is 0 Å². The van der Waals surface area contributed by atoms with E-state index in [2.05, 4.69) is 26.2 Å². The predicted octanol–water partition coefficient (Wildman–Crippen LogP) is 3.09. The maximum Gasteiger partial charge on any atom is 0.242 e. The highest BCUT2D eigenvalue weighted by molar-refractivity contribution is 6.70. The lowest BCUT2D eigenvalue weighted by Crippen LogP contribution is -2.29. The second-order valence-electron chi connectivity index (χ2n) is 4.54. The summed E-state index contributed by atoms with van der Waals surface area (Å²) >= 11 is 0. The summed E-state index contributed by atoms with van der Waals surface area (Å²) in [6, 6.07) is 7.82. The van der Waals surface area contributed by atoms with E-state index >= 15 is 0 Å². The van der Waals surface area contributed by atoms with Crippen molar-refractivity contribution in [3.63, 3.8) is 0 Å². The SMILES string of the molecule is C=C[C@@H](N)c1ccc(O[Si](C)(C)C)cc1. The lowest BCUT2D eigenvalue weighted by atomic mass is 10.1. The zero-order valence-corrected chi connectivity index (χ0v) is 10.7. The van der Waals surface area contributed by atoms with E-state index in [4.69, 9.17) is 10.2 Å². The average molecular weight is 221 g/mol. The molecule has 3 heteroatoms. The number of hydrogen-bond acceptors (Lipinski definition) is 2. The van der Waals surface area contributed by atoms with Crippen LogP contribution in [-0.2, 0) is 0 Å². The van der Waals surface area contributed by atoms with Crippen molar-refractivity contribution in [2.75, 3.05) is 0 Å². The number of hydrogen-bond donors (Lipinski definition) is 1. The van der Waals surface area contributed by atoms with E-state index in [1.165, 1.54) is 0 Å². The van der Waals surface area contributed by atoms with Crippen molar-refractivity contribution in [1.82, 2.24) is 0 Å². The van der Waals surface area contributed by atoms with Crippen molar-refractivity contribution in [3.05, 3.63) is 42.5 Å². The minimum atomic E-state index is -1.50. The van der Waals surface area contributed by atoms with Crippen molar-refractivity contribution in [2.24, 2.45) is 5.73 Å². The van der Waals surface area contributed by atoms with Crippen LogP contribution in [0.3, 0.4) is 0 Å². The smallest absolute Gasteiger partial charge is 0.242 e. The number of benzene rings is 1. The van der Waals surface area contributed by atoms with E-state index in [9.17, 15) is 0 Å². The van der Waals surface area contributed by atoms with Gasteiger partial charge in [-0.15, -0.1) is 6.58 Å². The van der Waals surface area contributed by atoms with Crippen LogP contribution < -0.4 is 10.2 Å². The Morgan fingerprint density at radius 1 is 1.27 bits per heavy atom. The maximum atomic E-state index is 5.84. The molecular weight excluding hydrogens is 202 g/mol. The molecular formula is C12H19NOSi. The summed E-state index contributed by atoms with van der Waals surface area (Å²) in [5, 5.41) is 0. The Kier molecular flexibility index (Phi) is 3.71. The molecule has 1 atom stereocenters. The fourth-order valence-electron chi connectivity index (χ4n) is 1.25. The fourth-order valence-corrected chi connectivity index (χ4v) is 2.09. The van der Waals surface area contributed by atoms with Crippen LogP contribution in [0.15, 0.2) is 36.9 Å². The molecule has 0 saturated carbocycles. The van der Waals surface area contributed by atoms with Crippen molar-refractivity contribution in [2.45, 2.75) is 25.7 Å². The van der Waals surface area contributed by atoms with Gasteiger partial charge in [0, 0.05) is 6.04 Å². The molecule has 0 aliphatic rings. The van der Waals surface area contributed by atoms with E-state index in [1.54, 1.807) is 6.08 Å². The zero-order valence-electron chi connectivity index (χ0n) is 9.66. The molecule has 0 amide bonds. The van der Waals surface area contributed by atoms with Gasteiger partial charge in [-0.3, -0.25) is 0 Å². The number of nitrogens with two attached hydrogens (primary N) is 1. The van der Waals surface area contributed by atoms with Crippen molar-refractivity contribution >= 4 is 8.32 Å². The second kappa shape index (κ2) is 4.64. The topological polar surface area (TPSA) is 35.2 Å². The number of rotatable bonds is 4. The summed E-state index contributed by atoms with van der Waals surface area (Å²) in [5.41, 5.74) is 6.88. The van der Waals surface area contributed by atoms with E-state index < -0.39 is 8.32 Å². The van der Waals surface area contributed by atoms with Crippen LogP contribution in [0.25, 0.3) is 0 Å². The molecule has 2 N–H and O–H groups in total. The minimum Gasteiger partial charge on any atom is -0.544 e. The Bertz CT molecular complexity index is 326. The lowest BCUT2D eigenvalue weighted by Gasteiger charge is -2.19. The van der Waals surface area contributed by atoms with Gasteiger partial charge in [0.1, 0.15) is 5.75 Å². The highest BCUT2D eigenvalue weighted by atomic mass is 28.4. The Morgan fingerprint density at radius 2 is 1.80 bits per heavy atom. The molecule has 82 valence electrons. The Hall–Kier alpha value is -1.06. The average Bonchev–Trinajstić information content (AvgIpc) is 2.15. The van der Waals surface area contributed by atoms with Gasteiger partial charge in [-0.2, -0.15) is 0 Å². The largest absolute Gasteiger partial charge is 0.544 e. The molecule has 0 heterocycles. The summed E-state index contributed by atoms with van der Waals surface area (Å²) < 4.78 is 5.84. The highest BCUT2D eigenvalue weighted by Gasteiger charge is 2.15. The van der Waals surface area contributed by atoms with Crippen LogP contribution in [0.1, 0.15) is 11.6 Å². The summed E-state index contributed by atoms with van der Waals surface area (Å²) in [6.07, 6.45) is 1.73. The van der Waals surface area contributed by atoms with Crippen LogP contribution in [-0.4, -0.2) is 8.32 Å². The van der Waals surface area contributed by atoms with Crippen LogP contribution in [0.4, 0.5) is 0 Å². The van der Waals surface area contributed by atoms with Crippen molar-refractivity contribution < 1.29 is 4.43 Å². The Labute approximate surface area is 92.9 Å². The Morgan fingerprint density at radius 3 is 2.20 bits per heavy atom. The summed E-state index contributed by atoms with van der Waals surface area (Å²) in [7, 11) is -1.50. The molecule has 2 nitrogen and oxygen atoms in total. The van der Waals surface area contributed by atoms with Gasteiger partial charge in [0.15, 0.2) is 0 Å². The van der Waals surface area contributed by atoms with E-state index in [1.807, 2.05) is 24.3 Å². The highest BCUT2D eigenvalue weighted by Crippen LogP contribution is 2.19. The van der Waals surface area contributed by atoms with Gasteiger partial charge in [-0.1, -0.05) is 18.2 Å². The molecule has 1 aromatic carbocycles. The summed E-state index contributed by atoms with van der Waals surface area (Å²) in [4.78, 5) is 0. The van der Waals surface area contributed by atoms with Gasteiger partial charge >= 0.3 is 0 Å². The van der Waals surface area contributed by atoms with Crippen LogP contribution in [0.5, 0.6) is 5.75 Å². The van der Waals surface area contributed by atoms with Gasteiger partial charge in [-0.25, -0.2) is 0 Å². The summed E-state index contributed by atoms with van der Waals surface area (Å²) in [6.45, 7) is 10.2. The molecule has 0 fully saturated rings. The fraction of sp³-hybridized carbons (Fsp3) is 0.333. The van der Waals surface area contributed by atoms with Crippen LogP contribution in [0.2, 0.25) is 19.6 Å². The van der Waals surface area contributed by atoms with Crippen LogP contribution >= 0.6 is 0 Å². The molecule has 1 aromatic rings. The molecule has 0 unspecified atom stereocenters. The van der Waals surface area contributed by atoms with E-state index in [-0.39, 0.29) is 6.04 Å². The molecule has 0 bridgehead atoms. The van der Waals surface area contributed by atoms with Gasteiger partial charge in [0.05, 0.1) is 0 Å². The second-order valence-corrected chi connectivity index (χ2v) is 8.97. The molecule has 0 aliphatic carbocycles. The van der Waals surface area contributed by atoms with Crippen molar-refractivity contribution in [1.29, 1.82) is 0 Å². The van der Waals surface area contributed by atoms with Crippen LogP contribution in [0, 0.1) is 0 Å². The third kappa shape index (κ3) is 3.89. The first kappa shape index (κ1) is 12.0. The van der Waals surface area contributed by atoms with Gasteiger partial charge in [0.2, 0.25) is 8.32 Å². The quantitative estimate of drug-likeness (QED) is 0.626. The molecule has 0 spiro atoms. The van der Waals surface area contributed by atoms with Gasteiger partial charge in [-0.05, 0) is 37.3 Å². The monoisotopic (exact) mass is 221 g/mol. The molecule has 0 saturated heterocycles. The third-order valence-corrected chi connectivity index (χ3v) is 2.79. The van der Waals surface area contributed by atoms with E-state index in [0.717, 1.165) is 11.3 Å². The predicted molar refractivity (Wildman–Crippen MR) is 67.5 cm³/mol. The van der Waals surface area contributed by atoms with Gasteiger partial charge < -0.3 is 10.2 Å². The first-order chi connectivity index (χ1) is 6.92. The van der Waals surface area contributed by atoms with Crippen molar-refractivity contribution in [3.8, 4) is 5.75 Å². The zero-order chi connectivity index (χ0) is 11.5. The lowest BCUT2D eigenvalue weighted by molar-refractivity contribution is 0.557. The molecule has 0 radical (unpaired) electrons. The molecule has 0 aromatic heterocycles. The standard InChI is InChI=1S/C12H19NOSi/c1-5-12(13)10-6-8-11(9-7-10)14-15(2,3)4/h5-9,12H,1,13H2,2-4H3/t12-/m1/s1. The third-order valence-electron chi connectivity index (χ3n) is 1.94. The maximum absolute atomic E-state index is 5.84. The molecule has 1 rings (SSSR count). The molecule has 0 aliphatic heterocycles. The summed E-state index contributed by atoms with van der Waals surface area (Å²) in [5.74, 6) is 0.925. The first-order valence-corrected chi connectivity index (χ1v) is 8.50. The molecule has 15 heavy (non-hydrogen) atoms. The minimum absolute atomic E-state index is 0.0917. The Balaban J connectivity index is 2.77. The first-order valence-electron chi connectivity index (χ1n) is 5.09. The van der Waals surface area contributed by atoms with E-state index in [0.29, 0.717) is 0 Å². The normalized spacial score (nSPS) is 13.3.